The summed E-state index contributed by atoms with van der Waals surface area (Å²) in [5, 5.41) is 6.23. The molecule has 29 heavy (non-hydrogen) atoms. The summed E-state index contributed by atoms with van der Waals surface area (Å²) in [6.07, 6.45) is 6.24. The zero-order valence-corrected chi connectivity index (χ0v) is 17.6. The molecule has 1 aliphatic rings. The number of aryl methyl sites for hydroxylation is 1. The van der Waals surface area contributed by atoms with E-state index in [1.165, 1.54) is 30.6 Å². The van der Waals surface area contributed by atoms with E-state index in [4.69, 9.17) is 16.0 Å². The summed E-state index contributed by atoms with van der Waals surface area (Å²) in [7, 11) is 0. The lowest BCUT2D eigenvalue weighted by Gasteiger charge is -2.25. The van der Waals surface area contributed by atoms with Gasteiger partial charge in [0.05, 0.1) is 11.9 Å². The number of thiazole rings is 1. The van der Waals surface area contributed by atoms with Gasteiger partial charge >= 0.3 is 0 Å². The highest BCUT2D eigenvalue weighted by Crippen LogP contribution is 2.23. The first kappa shape index (κ1) is 20.1. The predicted molar refractivity (Wildman–Crippen MR) is 115 cm³/mol. The van der Waals surface area contributed by atoms with Crippen molar-refractivity contribution in [3.05, 3.63) is 52.4 Å². The Kier molecular flexibility index (Phi) is 6.59. The van der Waals surface area contributed by atoms with Crippen LogP contribution < -0.4 is 5.32 Å². The fraction of sp³-hybridized carbons (Fsp3) is 0.381. The summed E-state index contributed by atoms with van der Waals surface area (Å²) in [5.74, 6) is 1.12. The van der Waals surface area contributed by atoms with Crippen LogP contribution in [0.3, 0.4) is 0 Å². The van der Waals surface area contributed by atoms with Gasteiger partial charge in [-0.05, 0) is 50.2 Å². The molecule has 3 heterocycles. The summed E-state index contributed by atoms with van der Waals surface area (Å²) < 4.78 is 5.75. The lowest BCUT2D eigenvalue weighted by atomic mass is 10.1. The lowest BCUT2D eigenvalue weighted by Crippen LogP contribution is -2.29. The first-order valence-corrected chi connectivity index (χ1v) is 11.1. The van der Waals surface area contributed by atoms with E-state index in [0.29, 0.717) is 34.6 Å². The third kappa shape index (κ3) is 5.65. The van der Waals surface area contributed by atoms with Crippen LogP contribution in [0.4, 0.5) is 5.13 Å². The van der Waals surface area contributed by atoms with Gasteiger partial charge in [-0.1, -0.05) is 18.0 Å². The largest absolute Gasteiger partial charge is 0.441 e. The molecule has 0 saturated carbocycles. The SMILES string of the molecule is O=C(CCc1ncc(-c2ccc(Cl)cc2)o1)Nc1nc(CN2CCCCC2)cs1. The molecule has 1 amide bonds. The van der Waals surface area contributed by atoms with Crippen LogP contribution in [0.2, 0.25) is 5.02 Å². The first-order valence-electron chi connectivity index (χ1n) is 9.83. The van der Waals surface area contributed by atoms with Gasteiger partial charge in [0.1, 0.15) is 0 Å². The van der Waals surface area contributed by atoms with Gasteiger partial charge < -0.3 is 9.73 Å². The Morgan fingerprint density at radius 1 is 1.21 bits per heavy atom. The second-order valence-electron chi connectivity index (χ2n) is 7.15. The monoisotopic (exact) mass is 430 g/mol. The van der Waals surface area contributed by atoms with Crippen LogP contribution in [0.5, 0.6) is 0 Å². The highest BCUT2D eigenvalue weighted by molar-refractivity contribution is 7.13. The molecule has 0 bridgehead atoms. The van der Waals surface area contributed by atoms with E-state index in [1.54, 1.807) is 18.3 Å². The zero-order chi connectivity index (χ0) is 20.1. The van der Waals surface area contributed by atoms with Gasteiger partial charge in [-0.15, -0.1) is 11.3 Å². The van der Waals surface area contributed by atoms with Crippen LogP contribution in [0.1, 0.15) is 37.3 Å². The molecule has 8 heteroatoms. The zero-order valence-electron chi connectivity index (χ0n) is 16.1. The topological polar surface area (TPSA) is 71.3 Å². The standard InChI is InChI=1S/C21H23ClN4O2S/c22-16-6-4-15(5-7-16)18-12-23-20(28-18)9-8-19(27)25-21-24-17(14-29-21)13-26-10-2-1-3-11-26/h4-7,12,14H,1-3,8-11,13H2,(H,24,25,27). The minimum Gasteiger partial charge on any atom is -0.441 e. The van der Waals surface area contributed by atoms with Crippen molar-refractivity contribution in [3.63, 3.8) is 0 Å². The first-order chi connectivity index (χ1) is 14.2. The molecule has 0 atom stereocenters. The predicted octanol–water partition coefficient (Wildman–Crippen LogP) is 5.01. The molecule has 4 rings (SSSR count). The van der Waals surface area contributed by atoms with Gasteiger partial charge in [-0.25, -0.2) is 9.97 Å². The van der Waals surface area contributed by atoms with Gasteiger partial charge in [0.25, 0.3) is 0 Å². The normalized spacial score (nSPS) is 14.8. The van der Waals surface area contributed by atoms with Crippen LogP contribution >= 0.6 is 22.9 Å². The molecule has 3 aromatic rings. The van der Waals surface area contributed by atoms with Crippen molar-refractivity contribution >= 4 is 34.0 Å². The summed E-state index contributed by atoms with van der Waals surface area (Å²) >= 11 is 7.38. The second-order valence-corrected chi connectivity index (χ2v) is 8.45. The van der Waals surface area contributed by atoms with Crippen molar-refractivity contribution in [2.45, 2.75) is 38.6 Å². The van der Waals surface area contributed by atoms with Gasteiger partial charge in [0.15, 0.2) is 16.8 Å². The van der Waals surface area contributed by atoms with Gasteiger partial charge in [-0.3, -0.25) is 9.69 Å². The fourth-order valence-corrected chi connectivity index (χ4v) is 4.20. The van der Waals surface area contributed by atoms with Crippen LogP contribution in [0.25, 0.3) is 11.3 Å². The number of carbonyl (C=O) groups is 1. The average Bonchev–Trinajstić information content (AvgIpc) is 3.37. The van der Waals surface area contributed by atoms with E-state index in [1.807, 2.05) is 17.5 Å². The van der Waals surface area contributed by atoms with Crippen LogP contribution in [-0.4, -0.2) is 33.9 Å². The summed E-state index contributed by atoms with van der Waals surface area (Å²) in [6.45, 7) is 3.12. The number of carbonyl (C=O) groups excluding carboxylic acids is 1. The van der Waals surface area contributed by atoms with Crippen molar-refractivity contribution in [2.24, 2.45) is 0 Å². The number of amides is 1. The van der Waals surface area contributed by atoms with Crippen LogP contribution in [0.15, 0.2) is 40.3 Å². The molecular formula is C21H23ClN4O2S. The molecule has 1 saturated heterocycles. The number of hydrogen-bond acceptors (Lipinski definition) is 6. The third-order valence-electron chi connectivity index (χ3n) is 4.88. The average molecular weight is 431 g/mol. The summed E-state index contributed by atoms with van der Waals surface area (Å²) in [5.41, 5.74) is 1.93. The van der Waals surface area contributed by atoms with E-state index >= 15 is 0 Å². The summed E-state index contributed by atoms with van der Waals surface area (Å²) in [4.78, 5) is 23.5. The van der Waals surface area contributed by atoms with Crippen molar-refractivity contribution in [1.82, 2.24) is 14.9 Å². The third-order valence-corrected chi connectivity index (χ3v) is 5.94. The molecule has 1 fully saturated rings. The van der Waals surface area contributed by atoms with Crippen molar-refractivity contribution in [3.8, 4) is 11.3 Å². The molecule has 2 aromatic heterocycles. The van der Waals surface area contributed by atoms with Crippen molar-refractivity contribution in [2.75, 3.05) is 18.4 Å². The number of rotatable bonds is 7. The molecule has 152 valence electrons. The highest BCUT2D eigenvalue weighted by atomic mass is 35.5. The number of aromatic nitrogens is 2. The quantitative estimate of drug-likeness (QED) is 0.570. The Morgan fingerprint density at radius 3 is 2.79 bits per heavy atom. The van der Waals surface area contributed by atoms with Crippen LogP contribution in [0, 0.1) is 0 Å². The number of anilines is 1. The minimum atomic E-state index is -0.0879. The molecule has 0 aliphatic carbocycles. The maximum Gasteiger partial charge on any atom is 0.226 e. The minimum absolute atomic E-state index is 0.0879. The Bertz CT molecular complexity index is 948. The number of hydrogen-bond donors (Lipinski definition) is 1. The molecule has 0 spiro atoms. The van der Waals surface area contributed by atoms with Crippen molar-refractivity contribution in [1.29, 1.82) is 0 Å². The number of nitrogens with zero attached hydrogens (tertiary/aromatic N) is 3. The number of likely N-dealkylation sites (tertiary alicyclic amines) is 1. The molecule has 1 N–H and O–H groups in total. The Labute approximate surface area is 178 Å². The second kappa shape index (κ2) is 9.52. The van der Waals surface area contributed by atoms with Crippen molar-refractivity contribution < 1.29 is 9.21 Å². The number of benzene rings is 1. The molecular weight excluding hydrogens is 408 g/mol. The lowest BCUT2D eigenvalue weighted by molar-refractivity contribution is -0.116. The Balaban J connectivity index is 1.25. The fourth-order valence-electron chi connectivity index (χ4n) is 3.36. The Hall–Kier alpha value is -2.22. The number of oxazole rings is 1. The smallest absolute Gasteiger partial charge is 0.226 e. The number of halogens is 1. The van der Waals surface area contributed by atoms with Gasteiger partial charge in [-0.2, -0.15) is 0 Å². The number of piperidine rings is 1. The number of nitrogens with one attached hydrogen (secondary N) is 1. The highest BCUT2D eigenvalue weighted by Gasteiger charge is 2.14. The molecule has 0 radical (unpaired) electrons. The summed E-state index contributed by atoms with van der Waals surface area (Å²) in [6, 6.07) is 7.37. The molecule has 6 nitrogen and oxygen atoms in total. The maximum atomic E-state index is 12.3. The van der Waals surface area contributed by atoms with Gasteiger partial charge in [0.2, 0.25) is 5.91 Å². The van der Waals surface area contributed by atoms with E-state index in [0.717, 1.165) is 30.9 Å². The molecule has 1 aliphatic heterocycles. The van der Waals surface area contributed by atoms with Gasteiger partial charge in [0, 0.05) is 35.4 Å². The Morgan fingerprint density at radius 2 is 2.00 bits per heavy atom. The van der Waals surface area contributed by atoms with E-state index in [2.05, 4.69) is 20.2 Å². The maximum absolute atomic E-state index is 12.3. The van der Waals surface area contributed by atoms with E-state index < -0.39 is 0 Å². The molecule has 1 aromatic carbocycles. The van der Waals surface area contributed by atoms with E-state index in [-0.39, 0.29) is 5.91 Å². The molecule has 0 unspecified atom stereocenters. The van der Waals surface area contributed by atoms with Crippen LogP contribution in [-0.2, 0) is 17.8 Å². The van der Waals surface area contributed by atoms with E-state index in [9.17, 15) is 4.79 Å².